The summed E-state index contributed by atoms with van der Waals surface area (Å²) in [6.45, 7) is 0.916. The second-order valence-electron chi connectivity index (χ2n) is 2.98. The maximum atomic E-state index is 12.1. The smallest absolute Gasteiger partial charge is 0.357 e. The van der Waals surface area contributed by atoms with Crippen molar-refractivity contribution in [3.05, 3.63) is 17.8 Å². The molecule has 0 aliphatic heterocycles. The largest absolute Gasteiger partial charge is 0.435 e. The average molecular weight is 220 g/mol. The highest BCUT2D eigenvalue weighted by Crippen LogP contribution is 2.27. The molecule has 7 heteroatoms. The zero-order valence-corrected chi connectivity index (χ0v) is 8.12. The van der Waals surface area contributed by atoms with Crippen LogP contribution in [0.25, 0.3) is 0 Å². The Bertz CT molecular complexity index is 309. The van der Waals surface area contributed by atoms with E-state index in [1.807, 2.05) is 0 Å². The van der Waals surface area contributed by atoms with Crippen LogP contribution in [0.2, 0.25) is 0 Å². The van der Waals surface area contributed by atoms with Crippen LogP contribution in [0, 0.1) is 0 Å². The molecular formula is C8H11F3N4. The van der Waals surface area contributed by atoms with E-state index in [9.17, 15) is 13.2 Å². The van der Waals surface area contributed by atoms with E-state index in [2.05, 4.69) is 10.2 Å². The van der Waals surface area contributed by atoms with Gasteiger partial charge >= 0.3 is 6.18 Å². The second kappa shape index (κ2) is 4.43. The molecule has 15 heavy (non-hydrogen) atoms. The molecule has 0 radical (unpaired) electrons. The highest BCUT2D eigenvalue weighted by atomic mass is 19.4. The van der Waals surface area contributed by atoms with Crippen LogP contribution in [0.5, 0.6) is 0 Å². The zero-order chi connectivity index (χ0) is 11.5. The molecule has 0 atom stereocenters. The molecule has 0 saturated heterocycles. The molecule has 0 amide bonds. The SMILES string of the molecule is CN(CCN)c1ccc(C(F)(F)F)nn1. The van der Waals surface area contributed by atoms with Crippen LogP contribution in [0.1, 0.15) is 5.69 Å². The zero-order valence-electron chi connectivity index (χ0n) is 8.12. The Morgan fingerprint density at radius 1 is 1.33 bits per heavy atom. The molecular weight excluding hydrogens is 209 g/mol. The molecule has 0 aromatic carbocycles. The maximum absolute atomic E-state index is 12.1. The second-order valence-corrected chi connectivity index (χ2v) is 2.98. The lowest BCUT2D eigenvalue weighted by atomic mass is 10.3. The average Bonchev–Trinajstić information content (AvgIpc) is 2.17. The fraction of sp³-hybridized carbons (Fsp3) is 0.500. The number of hydrogen-bond acceptors (Lipinski definition) is 4. The van der Waals surface area contributed by atoms with E-state index in [1.54, 1.807) is 11.9 Å². The Hall–Kier alpha value is -1.37. The summed E-state index contributed by atoms with van der Waals surface area (Å²) in [7, 11) is 1.68. The standard InChI is InChI=1S/C8H11F3N4/c1-15(5-4-12)7-3-2-6(13-14-7)8(9,10)11/h2-3H,4-5,12H2,1H3. The molecule has 84 valence electrons. The Morgan fingerprint density at radius 3 is 2.40 bits per heavy atom. The fourth-order valence-electron chi connectivity index (χ4n) is 0.988. The van der Waals surface area contributed by atoms with Gasteiger partial charge in [0.25, 0.3) is 0 Å². The molecule has 1 aromatic rings. The number of hydrogen-bond donors (Lipinski definition) is 1. The molecule has 0 unspecified atom stereocenters. The number of nitrogens with zero attached hydrogens (tertiary/aromatic N) is 3. The number of anilines is 1. The van der Waals surface area contributed by atoms with Crippen LogP contribution in [0.15, 0.2) is 12.1 Å². The number of halogens is 3. The summed E-state index contributed by atoms with van der Waals surface area (Å²) in [4.78, 5) is 1.63. The third kappa shape index (κ3) is 3.05. The summed E-state index contributed by atoms with van der Waals surface area (Å²) < 4.78 is 36.4. The van der Waals surface area contributed by atoms with Crippen molar-refractivity contribution in [1.29, 1.82) is 0 Å². The lowest BCUT2D eigenvalue weighted by Crippen LogP contribution is -2.26. The van der Waals surface area contributed by atoms with Crippen LogP contribution >= 0.6 is 0 Å². The summed E-state index contributed by atoms with van der Waals surface area (Å²) in [5, 5.41) is 6.56. The molecule has 0 saturated carbocycles. The van der Waals surface area contributed by atoms with Crippen molar-refractivity contribution in [2.45, 2.75) is 6.18 Å². The van der Waals surface area contributed by atoms with Gasteiger partial charge in [-0.2, -0.15) is 13.2 Å². The Kier molecular flexibility index (Phi) is 3.46. The van der Waals surface area contributed by atoms with Crippen molar-refractivity contribution >= 4 is 5.82 Å². The van der Waals surface area contributed by atoms with E-state index >= 15 is 0 Å². The van der Waals surface area contributed by atoms with E-state index in [1.165, 1.54) is 6.07 Å². The normalized spacial score (nSPS) is 11.5. The van der Waals surface area contributed by atoms with Crippen molar-refractivity contribution in [3.8, 4) is 0 Å². The number of aromatic nitrogens is 2. The predicted molar refractivity (Wildman–Crippen MR) is 49.4 cm³/mol. The van der Waals surface area contributed by atoms with E-state index in [0.717, 1.165) is 6.07 Å². The van der Waals surface area contributed by atoms with Crippen LogP contribution in [0.4, 0.5) is 19.0 Å². The maximum Gasteiger partial charge on any atom is 0.435 e. The predicted octanol–water partition coefficient (Wildman–Crippen LogP) is 0.890. The molecule has 2 N–H and O–H groups in total. The van der Waals surface area contributed by atoms with Gasteiger partial charge in [0.05, 0.1) is 0 Å². The number of nitrogens with two attached hydrogens (primary N) is 1. The van der Waals surface area contributed by atoms with Crippen LogP contribution < -0.4 is 10.6 Å². The molecule has 0 bridgehead atoms. The Labute approximate surface area is 84.9 Å². The fourth-order valence-corrected chi connectivity index (χ4v) is 0.988. The Morgan fingerprint density at radius 2 is 2.00 bits per heavy atom. The minimum atomic E-state index is -4.45. The molecule has 0 aliphatic carbocycles. The first-order valence-electron chi connectivity index (χ1n) is 4.27. The highest BCUT2D eigenvalue weighted by Gasteiger charge is 2.32. The van der Waals surface area contributed by atoms with Gasteiger partial charge in [0.15, 0.2) is 11.5 Å². The third-order valence-corrected chi connectivity index (χ3v) is 1.80. The summed E-state index contributed by atoms with van der Waals surface area (Å²) in [6, 6.07) is 2.17. The van der Waals surface area contributed by atoms with Crippen LogP contribution in [-0.4, -0.2) is 30.3 Å². The lowest BCUT2D eigenvalue weighted by Gasteiger charge is -2.16. The first kappa shape index (κ1) is 11.7. The van der Waals surface area contributed by atoms with E-state index in [4.69, 9.17) is 5.73 Å². The molecule has 1 aromatic heterocycles. The van der Waals surface area contributed by atoms with Crippen molar-refractivity contribution in [1.82, 2.24) is 10.2 Å². The van der Waals surface area contributed by atoms with Gasteiger partial charge in [-0.1, -0.05) is 0 Å². The van der Waals surface area contributed by atoms with Gasteiger partial charge in [0.2, 0.25) is 0 Å². The summed E-state index contributed by atoms with van der Waals surface area (Å²) >= 11 is 0. The number of alkyl halides is 3. The van der Waals surface area contributed by atoms with Crippen molar-refractivity contribution < 1.29 is 13.2 Å². The minimum Gasteiger partial charge on any atom is -0.357 e. The molecule has 1 rings (SSSR count). The third-order valence-electron chi connectivity index (χ3n) is 1.80. The van der Waals surface area contributed by atoms with Crippen molar-refractivity contribution in [2.75, 3.05) is 25.0 Å². The summed E-state index contributed by atoms with van der Waals surface area (Å²) in [6.07, 6.45) is -4.45. The topological polar surface area (TPSA) is 55.0 Å². The van der Waals surface area contributed by atoms with Gasteiger partial charge in [0, 0.05) is 20.1 Å². The molecule has 4 nitrogen and oxygen atoms in total. The van der Waals surface area contributed by atoms with Crippen molar-refractivity contribution in [2.24, 2.45) is 5.73 Å². The molecule has 0 fully saturated rings. The van der Waals surface area contributed by atoms with Crippen molar-refractivity contribution in [3.63, 3.8) is 0 Å². The summed E-state index contributed by atoms with van der Waals surface area (Å²) in [5.41, 5.74) is 4.30. The van der Waals surface area contributed by atoms with E-state index < -0.39 is 11.9 Å². The first-order chi connectivity index (χ1) is 6.95. The number of likely N-dealkylation sites (N-methyl/N-ethyl adjacent to an activating group) is 1. The quantitative estimate of drug-likeness (QED) is 0.821. The van der Waals surface area contributed by atoms with Gasteiger partial charge in [-0.05, 0) is 12.1 Å². The number of rotatable bonds is 3. The van der Waals surface area contributed by atoms with Crippen LogP contribution in [0.3, 0.4) is 0 Å². The summed E-state index contributed by atoms with van der Waals surface area (Å²) in [5.74, 6) is 0.369. The molecule has 0 aliphatic rings. The van der Waals surface area contributed by atoms with Gasteiger partial charge in [-0.15, -0.1) is 10.2 Å². The highest BCUT2D eigenvalue weighted by molar-refractivity contribution is 5.36. The van der Waals surface area contributed by atoms with Gasteiger partial charge < -0.3 is 10.6 Å². The van der Waals surface area contributed by atoms with E-state index in [-0.39, 0.29) is 0 Å². The molecule has 0 spiro atoms. The van der Waals surface area contributed by atoms with Crippen LogP contribution in [-0.2, 0) is 6.18 Å². The molecule has 1 heterocycles. The minimum absolute atomic E-state index is 0.369. The Balaban J connectivity index is 2.81. The van der Waals surface area contributed by atoms with Gasteiger partial charge in [-0.3, -0.25) is 0 Å². The first-order valence-corrected chi connectivity index (χ1v) is 4.27. The van der Waals surface area contributed by atoms with E-state index in [0.29, 0.717) is 18.9 Å². The monoisotopic (exact) mass is 220 g/mol. The van der Waals surface area contributed by atoms with Gasteiger partial charge in [0.1, 0.15) is 0 Å². The lowest BCUT2D eigenvalue weighted by molar-refractivity contribution is -0.141. The van der Waals surface area contributed by atoms with Gasteiger partial charge in [-0.25, -0.2) is 0 Å².